The van der Waals surface area contributed by atoms with E-state index in [1.165, 1.54) is 38.5 Å². The normalized spacial score (nSPS) is 16.1. The van der Waals surface area contributed by atoms with E-state index in [2.05, 4.69) is 16.0 Å². The highest BCUT2D eigenvalue weighted by Gasteiger charge is 2.33. The third-order valence-electron chi connectivity index (χ3n) is 4.36. The Morgan fingerprint density at radius 2 is 1.82 bits per heavy atom. The molecule has 1 heterocycles. The SMILES string of the molecule is COc1ccc(OC)c([C@H]2NC(=O)NC(C)=C2C(=O)Nc2ccc(F)cc2)c1. The first-order chi connectivity index (χ1) is 13.4. The maximum atomic E-state index is 13.1. The maximum absolute atomic E-state index is 13.1. The van der Waals surface area contributed by atoms with Gasteiger partial charge in [-0.05, 0) is 49.4 Å². The molecule has 2 aromatic carbocycles. The topological polar surface area (TPSA) is 88.7 Å². The molecule has 8 heteroatoms. The van der Waals surface area contributed by atoms with Crippen LogP contribution in [0.2, 0.25) is 0 Å². The molecule has 0 radical (unpaired) electrons. The second kappa shape index (κ2) is 7.99. The van der Waals surface area contributed by atoms with E-state index in [1.807, 2.05) is 0 Å². The Hall–Kier alpha value is -3.55. The van der Waals surface area contributed by atoms with Gasteiger partial charge in [-0.15, -0.1) is 0 Å². The van der Waals surface area contributed by atoms with E-state index in [0.717, 1.165) is 0 Å². The van der Waals surface area contributed by atoms with Crippen molar-refractivity contribution in [2.24, 2.45) is 0 Å². The van der Waals surface area contributed by atoms with Crippen LogP contribution in [0.25, 0.3) is 0 Å². The van der Waals surface area contributed by atoms with Gasteiger partial charge in [0.25, 0.3) is 5.91 Å². The van der Waals surface area contributed by atoms with E-state index >= 15 is 0 Å². The van der Waals surface area contributed by atoms with Gasteiger partial charge in [-0.1, -0.05) is 0 Å². The lowest BCUT2D eigenvalue weighted by molar-refractivity contribution is -0.113. The molecule has 0 bridgehead atoms. The lowest BCUT2D eigenvalue weighted by Crippen LogP contribution is -2.46. The Kier molecular flexibility index (Phi) is 5.49. The van der Waals surface area contributed by atoms with Crippen LogP contribution in [0.1, 0.15) is 18.5 Å². The summed E-state index contributed by atoms with van der Waals surface area (Å²) in [6, 6.07) is 9.34. The van der Waals surface area contributed by atoms with Crippen molar-refractivity contribution >= 4 is 17.6 Å². The van der Waals surface area contributed by atoms with E-state index in [9.17, 15) is 14.0 Å². The summed E-state index contributed by atoms with van der Waals surface area (Å²) in [6.45, 7) is 1.64. The number of amides is 3. The Labute approximate surface area is 161 Å². The molecule has 0 aliphatic carbocycles. The number of hydrogen-bond donors (Lipinski definition) is 3. The average Bonchev–Trinajstić information content (AvgIpc) is 2.68. The molecule has 0 unspecified atom stereocenters. The largest absolute Gasteiger partial charge is 0.497 e. The first-order valence-corrected chi connectivity index (χ1v) is 8.50. The minimum absolute atomic E-state index is 0.301. The van der Waals surface area contributed by atoms with Crippen LogP contribution in [0, 0.1) is 5.82 Å². The van der Waals surface area contributed by atoms with Gasteiger partial charge in [0, 0.05) is 16.9 Å². The van der Waals surface area contributed by atoms with Crippen LogP contribution in [0.4, 0.5) is 14.9 Å². The van der Waals surface area contributed by atoms with E-state index < -0.39 is 23.8 Å². The number of benzene rings is 2. The molecular weight excluding hydrogens is 365 g/mol. The van der Waals surface area contributed by atoms with Gasteiger partial charge in [-0.2, -0.15) is 0 Å². The van der Waals surface area contributed by atoms with Gasteiger partial charge in [-0.3, -0.25) is 4.79 Å². The van der Waals surface area contributed by atoms with Gasteiger partial charge >= 0.3 is 6.03 Å². The summed E-state index contributed by atoms with van der Waals surface area (Å²) in [5.74, 6) is 0.206. The van der Waals surface area contributed by atoms with Crippen molar-refractivity contribution in [3.05, 3.63) is 65.1 Å². The minimum atomic E-state index is -0.765. The average molecular weight is 385 g/mol. The Morgan fingerprint density at radius 1 is 1.11 bits per heavy atom. The first kappa shape index (κ1) is 19.2. The molecule has 146 valence electrons. The zero-order valence-corrected chi connectivity index (χ0v) is 15.6. The molecule has 1 aliphatic heterocycles. The molecular formula is C20H20FN3O4. The number of halogens is 1. The summed E-state index contributed by atoms with van der Waals surface area (Å²) in [5.41, 5.74) is 1.70. The fourth-order valence-electron chi connectivity index (χ4n) is 3.02. The predicted octanol–water partition coefficient (Wildman–Crippen LogP) is 3.11. The van der Waals surface area contributed by atoms with Crippen molar-refractivity contribution in [1.29, 1.82) is 0 Å². The van der Waals surface area contributed by atoms with Gasteiger partial charge < -0.3 is 25.4 Å². The van der Waals surface area contributed by atoms with Crippen LogP contribution in [0.5, 0.6) is 11.5 Å². The summed E-state index contributed by atoms with van der Waals surface area (Å²) >= 11 is 0. The highest BCUT2D eigenvalue weighted by atomic mass is 19.1. The monoisotopic (exact) mass is 385 g/mol. The molecule has 3 N–H and O–H groups in total. The number of allylic oxidation sites excluding steroid dienone is 1. The highest BCUT2D eigenvalue weighted by molar-refractivity contribution is 6.06. The number of rotatable bonds is 5. The van der Waals surface area contributed by atoms with Gasteiger partial charge in [0.15, 0.2) is 0 Å². The summed E-state index contributed by atoms with van der Waals surface area (Å²) in [5, 5.41) is 8.08. The molecule has 28 heavy (non-hydrogen) atoms. The van der Waals surface area contributed by atoms with E-state index in [1.54, 1.807) is 25.1 Å². The number of methoxy groups -OCH3 is 2. The molecule has 3 rings (SSSR count). The number of hydrogen-bond acceptors (Lipinski definition) is 4. The van der Waals surface area contributed by atoms with Crippen molar-refractivity contribution in [1.82, 2.24) is 10.6 Å². The van der Waals surface area contributed by atoms with Gasteiger partial charge in [0.2, 0.25) is 0 Å². The van der Waals surface area contributed by atoms with Crippen LogP contribution in [-0.2, 0) is 4.79 Å². The molecule has 0 saturated carbocycles. The lowest BCUT2D eigenvalue weighted by atomic mass is 9.93. The fraction of sp³-hybridized carbons (Fsp3) is 0.200. The van der Waals surface area contributed by atoms with E-state index in [0.29, 0.717) is 34.0 Å². The second-order valence-electron chi connectivity index (χ2n) is 6.14. The number of carbonyl (C=O) groups excluding carboxylic acids is 2. The lowest BCUT2D eigenvalue weighted by Gasteiger charge is -2.29. The molecule has 0 saturated heterocycles. The summed E-state index contributed by atoms with van der Waals surface area (Å²) in [7, 11) is 3.03. The molecule has 0 aromatic heterocycles. The number of carbonyl (C=O) groups is 2. The maximum Gasteiger partial charge on any atom is 0.319 e. The Morgan fingerprint density at radius 3 is 2.46 bits per heavy atom. The van der Waals surface area contributed by atoms with Crippen molar-refractivity contribution in [3.63, 3.8) is 0 Å². The molecule has 0 fully saturated rings. The predicted molar refractivity (Wildman–Crippen MR) is 102 cm³/mol. The molecule has 2 aromatic rings. The van der Waals surface area contributed by atoms with Crippen molar-refractivity contribution in [2.75, 3.05) is 19.5 Å². The van der Waals surface area contributed by atoms with Gasteiger partial charge in [-0.25, -0.2) is 9.18 Å². The van der Waals surface area contributed by atoms with Crippen molar-refractivity contribution < 1.29 is 23.5 Å². The number of ether oxygens (including phenoxy) is 2. The molecule has 7 nitrogen and oxygen atoms in total. The van der Waals surface area contributed by atoms with Gasteiger partial charge in [0.1, 0.15) is 17.3 Å². The molecule has 1 aliphatic rings. The van der Waals surface area contributed by atoms with E-state index in [4.69, 9.17) is 9.47 Å². The third-order valence-corrected chi connectivity index (χ3v) is 4.36. The van der Waals surface area contributed by atoms with Crippen molar-refractivity contribution in [2.45, 2.75) is 13.0 Å². The number of nitrogens with one attached hydrogen (secondary N) is 3. The third kappa shape index (κ3) is 3.90. The van der Waals surface area contributed by atoms with Crippen LogP contribution < -0.4 is 25.4 Å². The quantitative estimate of drug-likeness (QED) is 0.738. The van der Waals surface area contributed by atoms with Crippen LogP contribution in [0.3, 0.4) is 0 Å². The van der Waals surface area contributed by atoms with Crippen LogP contribution >= 0.6 is 0 Å². The Balaban J connectivity index is 2.01. The summed E-state index contributed by atoms with van der Waals surface area (Å²) in [4.78, 5) is 25.1. The number of urea groups is 1. The van der Waals surface area contributed by atoms with Gasteiger partial charge in [0.05, 0.1) is 25.8 Å². The smallest absolute Gasteiger partial charge is 0.319 e. The molecule has 1 atom stereocenters. The van der Waals surface area contributed by atoms with Crippen molar-refractivity contribution in [3.8, 4) is 11.5 Å². The first-order valence-electron chi connectivity index (χ1n) is 8.50. The Bertz CT molecular complexity index is 941. The van der Waals surface area contributed by atoms with Crippen LogP contribution in [0.15, 0.2) is 53.7 Å². The highest BCUT2D eigenvalue weighted by Crippen LogP contribution is 2.35. The zero-order chi connectivity index (χ0) is 20.3. The van der Waals surface area contributed by atoms with Crippen LogP contribution in [-0.4, -0.2) is 26.2 Å². The summed E-state index contributed by atoms with van der Waals surface area (Å²) < 4.78 is 23.8. The molecule has 3 amide bonds. The standard InChI is InChI=1S/C20H20FN3O4/c1-11-17(19(25)23-13-6-4-12(21)5-7-13)18(24-20(26)22-11)15-10-14(27-2)8-9-16(15)28-3/h4-10,18H,1-3H3,(H,23,25)(H2,22,24,26)/t18-/m1/s1. The second-order valence-corrected chi connectivity index (χ2v) is 6.14. The minimum Gasteiger partial charge on any atom is -0.497 e. The molecule has 0 spiro atoms. The van der Waals surface area contributed by atoms with E-state index in [-0.39, 0.29) is 0 Å². The zero-order valence-electron chi connectivity index (χ0n) is 15.6. The fourth-order valence-corrected chi connectivity index (χ4v) is 3.02. The summed E-state index contributed by atoms with van der Waals surface area (Å²) in [6.07, 6.45) is 0. The number of anilines is 1.